The number of benzene rings is 2. The summed E-state index contributed by atoms with van der Waals surface area (Å²) in [6.45, 7) is 1.90. The summed E-state index contributed by atoms with van der Waals surface area (Å²) in [5, 5.41) is 3.96. The zero-order chi connectivity index (χ0) is 21.3. The second kappa shape index (κ2) is 7.93. The van der Waals surface area contributed by atoms with E-state index in [1.807, 2.05) is 0 Å². The van der Waals surface area contributed by atoms with Crippen molar-refractivity contribution in [2.75, 3.05) is 0 Å². The molecule has 0 radical (unpaired) electrons. The lowest BCUT2D eigenvalue weighted by atomic mass is 10.2. The molecule has 1 N–H and O–H groups in total. The molecular weight excluding hydrogens is 424 g/mol. The molecule has 8 heteroatoms. The Balaban J connectivity index is 1.48. The maximum Gasteiger partial charge on any atom is 0.287 e. The van der Waals surface area contributed by atoms with E-state index in [1.165, 1.54) is 18.2 Å². The fraction of sp³-hybridized carbons (Fsp3) is 0.0909. The van der Waals surface area contributed by atoms with Gasteiger partial charge in [0.25, 0.3) is 5.91 Å². The molecule has 0 saturated heterocycles. The molecule has 2 aromatic heterocycles. The van der Waals surface area contributed by atoms with Gasteiger partial charge < -0.3 is 9.73 Å². The van der Waals surface area contributed by atoms with Crippen molar-refractivity contribution >= 4 is 38.3 Å². The number of amides is 1. The van der Waals surface area contributed by atoms with Crippen molar-refractivity contribution in [1.29, 1.82) is 0 Å². The highest BCUT2D eigenvalue weighted by molar-refractivity contribution is 7.91. The van der Waals surface area contributed by atoms with Gasteiger partial charge in [-0.3, -0.25) is 9.78 Å². The van der Waals surface area contributed by atoms with Gasteiger partial charge in [0.15, 0.2) is 11.3 Å². The Kier molecular flexibility index (Phi) is 5.32. The monoisotopic (exact) mass is 440 g/mol. The molecule has 0 atom stereocenters. The minimum absolute atomic E-state index is 0.160. The van der Waals surface area contributed by atoms with Crippen LogP contribution in [0, 0.1) is 6.92 Å². The highest BCUT2D eigenvalue weighted by Crippen LogP contribution is 2.28. The predicted octanol–water partition coefficient (Wildman–Crippen LogP) is 4.55. The van der Waals surface area contributed by atoms with Gasteiger partial charge in [0.1, 0.15) is 0 Å². The standard InChI is InChI=1S/C22H17ClN2O4S/c1-14-18(23)3-2-4-21(14)30(27,28)17-7-5-15(6-8-17)12-25-22(26)19-11-16-9-10-24-13-20(16)29-19/h2-11,13H,12H2,1H3,(H,25,26). The molecule has 1 amide bonds. The number of hydrogen-bond acceptors (Lipinski definition) is 5. The van der Waals surface area contributed by atoms with Crippen molar-refractivity contribution in [2.24, 2.45) is 0 Å². The molecule has 0 aliphatic rings. The molecule has 4 aromatic rings. The largest absolute Gasteiger partial charge is 0.449 e. The molecular formula is C22H17ClN2O4S. The maximum atomic E-state index is 12.9. The highest BCUT2D eigenvalue weighted by Gasteiger charge is 2.21. The molecule has 0 bridgehead atoms. The molecule has 30 heavy (non-hydrogen) atoms. The number of sulfone groups is 1. The van der Waals surface area contributed by atoms with Crippen molar-refractivity contribution in [1.82, 2.24) is 10.3 Å². The van der Waals surface area contributed by atoms with Crippen LogP contribution in [0.1, 0.15) is 21.7 Å². The topological polar surface area (TPSA) is 89.3 Å². The van der Waals surface area contributed by atoms with Crippen molar-refractivity contribution in [2.45, 2.75) is 23.3 Å². The summed E-state index contributed by atoms with van der Waals surface area (Å²) in [6, 6.07) is 14.6. The van der Waals surface area contributed by atoms with E-state index in [0.717, 1.165) is 10.9 Å². The van der Waals surface area contributed by atoms with Gasteiger partial charge in [0.2, 0.25) is 9.84 Å². The van der Waals surface area contributed by atoms with Gasteiger partial charge in [-0.15, -0.1) is 0 Å². The molecule has 0 unspecified atom stereocenters. The summed E-state index contributed by atoms with van der Waals surface area (Å²) >= 11 is 6.06. The van der Waals surface area contributed by atoms with E-state index >= 15 is 0 Å². The highest BCUT2D eigenvalue weighted by atomic mass is 35.5. The molecule has 0 saturated carbocycles. The molecule has 2 heterocycles. The number of furan rings is 1. The average Bonchev–Trinajstić information content (AvgIpc) is 3.18. The third-order valence-electron chi connectivity index (χ3n) is 4.74. The Morgan fingerprint density at radius 1 is 1.13 bits per heavy atom. The smallest absolute Gasteiger partial charge is 0.287 e. The van der Waals surface area contributed by atoms with Crippen LogP contribution in [0.25, 0.3) is 11.0 Å². The lowest BCUT2D eigenvalue weighted by molar-refractivity contribution is 0.0925. The van der Waals surface area contributed by atoms with Crippen LogP contribution in [0.15, 0.2) is 81.2 Å². The van der Waals surface area contributed by atoms with Gasteiger partial charge in [-0.25, -0.2) is 8.42 Å². The minimum Gasteiger partial charge on any atom is -0.449 e. The van der Waals surface area contributed by atoms with Crippen molar-refractivity contribution in [3.63, 3.8) is 0 Å². The number of aromatic nitrogens is 1. The second-order valence-electron chi connectivity index (χ2n) is 6.72. The van der Waals surface area contributed by atoms with E-state index in [0.29, 0.717) is 16.2 Å². The number of carbonyl (C=O) groups is 1. The van der Waals surface area contributed by atoms with Crippen LogP contribution in [-0.2, 0) is 16.4 Å². The van der Waals surface area contributed by atoms with Gasteiger partial charge >= 0.3 is 0 Å². The van der Waals surface area contributed by atoms with Crippen LogP contribution in [0.2, 0.25) is 5.02 Å². The van der Waals surface area contributed by atoms with E-state index in [1.54, 1.807) is 55.7 Å². The number of pyridine rings is 1. The summed E-state index contributed by atoms with van der Waals surface area (Å²) in [5.74, 6) is -0.175. The first-order chi connectivity index (χ1) is 14.4. The van der Waals surface area contributed by atoms with Crippen LogP contribution in [0.4, 0.5) is 0 Å². The van der Waals surface area contributed by atoms with Crippen LogP contribution >= 0.6 is 11.6 Å². The van der Waals surface area contributed by atoms with Crippen LogP contribution in [-0.4, -0.2) is 19.3 Å². The van der Waals surface area contributed by atoms with Crippen LogP contribution in [0.5, 0.6) is 0 Å². The first kappa shape index (κ1) is 20.1. The minimum atomic E-state index is -3.69. The number of hydrogen-bond donors (Lipinski definition) is 1. The van der Waals surface area contributed by atoms with E-state index in [2.05, 4.69) is 10.3 Å². The molecule has 152 valence electrons. The molecule has 4 rings (SSSR count). The molecule has 6 nitrogen and oxygen atoms in total. The molecule has 0 spiro atoms. The number of nitrogens with zero attached hydrogens (tertiary/aromatic N) is 1. The Morgan fingerprint density at radius 2 is 1.90 bits per heavy atom. The number of carbonyl (C=O) groups excluding carboxylic acids is 1. The third kappa shape index (κ3) is 3.81. The van der Waals surface area contributed by atoms with Crippen LogP contribution < -0.4 is 5.32 Å². The molecule has 0 aliphatic carbocycles. The Bertz CT molecular complexity index is 1310. The fourth-order valence-corrected chi connectivity index (χ4v) is 4.81. The third-order valence-corrected chi connectivity index (χ3v) is 7.06. The summed E-state index contributed by atoms with van der Waals surface area (Å²) in [6.07, 6.45) is 3.17. The van der Waals surface area contributed by atoms with Gasteiger partial charge in [0, 0.05) is 23.2 Å². The van der Waals surface area contributed by atoms with Gasteiger partial charge in [-0.1, -0.05) is 29.8 Å². The fourth-order valence-electron chi connectivity index (χ4n) is 3.06. The van der Waals surface area contributed by atoms with Gasteiger partial charge in [-0.05, 0) is 54.4 Å². The normalized spacial score (nSPS) is 11.5. The number of rotatable bonds is 5. The Morgan fingerprint density at radius 3 is 2.63 bits per heavy atom. The van der Waals surface area contributed by atoms with E-state index in [4.69, 9.17) is 16.0 Å². The van der Waals surface area contributed by atoms with Crippen molar-refractivity contribution in [3.8, 4) is 0 Å². The maximum absolute atomic E-state index is 12.9. The van der Waals surface area contributed by atoms with Gasteiger partial charge in [0.05, 0.1) is 16.0 Å². The SMILES string of the molecule is Cc1c(Cl)cccc1S(=O)(=O)c1ccc(CNC(=O)c2cc3ccncc3o2)cc1. The lowest BCUT2D eigenvalue weighted by Crippen LogP contribution is -2.22. The zero-order valence-corrected chi connectivity index (χ0v) is 17.5. The van der Waals surface area contributed by atoms with E-state index in [9.17, 15) is 13.2 Å². The number of nitrogens with one attached hydrogen (secondary N) is 1. The first-order valence-corrected chi connectivity index (χ1v) is 10.9. The Hall–Kier alpha value is -3.16. The van der Waals surface area contributed by atoms with Crippen molar-refractivity contribution in [3.05, 3.63) is 88.9 Å². The van der Waals surface area contributed by atoms with Crippen LogP contribution in [0.3, 0.4) is 0 Å². The van der Waals surface area contributed by atoms with Gasteiger partial charge in [-0.2, -0.15) is 0 Å². The van der Waals surface area contributed by atoms with Crippen molar-refractivity contribution < 1.29 is 17.6 Å². The van der Waals surface area contributed by atoms with E-state index in [-0.39, 0.29) is 28.0 Å². The number of halogens is 1. The predicted molar refractivity (Wildman–Crippen MR) is 113 cm³/mol. The lowest BCUT2D eigenvalue weighted by Gasteiger charge is -2.10. The zero-order valence-electron chi connectivity index (χ0n) is 15.9. The summed E-state index contributed by atoms with van der Waals surface area (Å²) in [7, 11) is -3.69. The summed E-state index contributed by atoms with van der Waals surface area (Å²) in [4.78, 5) is 16.6. The average molecular weight is 441 g/mol. The molecule has 2 aromatic carbocycles. The number of fused-ring (bicyclic) bond motifs is 1. The summed E-state index contributed by atoms with van der Waals surface area (Å²) < 4.78 is 31.3. The molecule has 0 aliphatic heterocycles. The van der Waals surface area contributed by atoms with E-state index < -0.39 is 9.84 Å². The first-order valence-electron chi connectivity index (χ1n) is 9.07. The Labute approximate surface area is 178 Å². The molecule has 0 fully saturated rings. The summed E-state index contributed by atoms with van der Waals surface area (Å²) in [5.41, 5.74) is 1.80. The quantitative estimate of drug-likeness (QED) is 0.491. The second-order valence-corrected chi connectivity index (χ2v) is 9.04.